The number of anilines is 1. The summed E-state index contributed by atoms with van der Waals surface area (Å²) >= 11 is 0. The van der Waals surface area contributed by atoms with Crippen molar-refractivity contribution < 1.29 is 0 Å². The summed E-state index contributed by atoms with van der Waals surface area (Å²) in [7, 11) is 6.21. The fourth-order valence-electron chi connectivity index (χ4n) is 1.78. The van der Waals surface area contributed by atoms with Gasteiger partial charge in [0.15, 0.2) is 5.82 Å². The van der Waals surface area contributed by atoms with Crippen LogP contribution in [0.4, 0.5) is 5.82 Å². The summed E-state index contributed by atoms with van der Waals surface area (Å²) < 4.78 is 1.88. The zero-order chi connectivity index (χ0) is 12.4. The molecule has 0 amide bonds. The Morgan fingerprint density at radius 2 is 2.00 bits per heavy atom. The van der Waals surface area contributed by atoms with E-state index in [2.05, 4.69) is 47.1 Å². The summed E-state index contributed by atoms with van der Waals surface area (Å²) in [6.45, 7) is 3.95. The van der Waals surface area contributed by atoms with Crippen molar-refractivity contribution in [2.24, 2.45) is 0 Å². The summed E-state index contributed by atoms with van der Waals surface area (Å²) in [5.41, 5.74) is 2.08. The minimum atomic E-state index is 0.948. The van der Waals surface area contributed by atoms with Gasteiger partial charge in [0.2, 0.25) is 0 Å². The number of nitrogens with zero attached hydrogens (tertiary/aromatic N) is 5. The molecule has 0 aliphatic carbocycles. The van der Waals surface area contributed by atoms with Gasteiger partial charge < -0.3 is 9.80 Å². The third-order valence-corrected chi connectivity index (χ3v) is 2.74. The van der Waals surface area contributed by atoms with Crippen LogP contribution in [0.1, 0.15) is 5.69 Å². The first-order valence-electron chi connectivity index (χ1n) is 5.75. The molecule has 0 radical (unpaired) electrons. The highest BCUT2D eigenvalue weighted by Crippen LogP contribution is 2.17. The van der Waals surface area contributed by atoms with E-state index in [0.717, 1.165) is 30.1 Å². The highest BCUT2D eigenvalue weighted by molar-refractivity contribution is 5.68. The molecule has 0 unspecified atom stereocenters. The molecule has 0 aromatic carbocycles. The smallest absolute Gasteiger partial charge is 0.154 e. The standard InChI is InChI=1S/C12H19N5/c1-10-9-11-12(13-5-6-17(11)14-10)16(4)8-7-15(2)3/h5-6,9H,7-8H2,1-4H3. The minimum Gasteiger partial charge on any atom is -0.357 e. The van der Waals surface area contributed by atoms with Crippen molar-refractivity contribution in [1.29, 1.82) is 0 Å². The molecule has 92 valence electrons. The van der Waals surface area contributed by atoms with Gasteiger partial charge in [-0.1, -0.05) is 0 Å². The lowest BCUT2D eigenvalue weighted by Gasteiger charge is -2.20. The molecule has 0 aliphatic heterocycles. The van der Waals surface area contributed by atoms with Gasteiger partial charge >= 0.3 is 0 Å². The highest BCUT2D eigenvalue weighted by Gasteiger charge is 2.09. The maximum Gasteiger partial charge on any atom is 0.154 e. The van der Waals surface area contributed by atoms with E-state index >= 15 is 0 Å². The van der Waals surface area contributed by atoms with Crippen molar-refractivity contribution in [2.75, 3.05) is 39.1 Å². The molecule has 0 atom stereocenters. The molecule has 2 heterocycles. The lowest BCUT2D eigenvalue weighted by Crippen LogP contribution is -2.29. The number of hydrogen-bond donors (Lipinski definition) is 0. The lowest BCUT2D eigenvalue weighted by atomic mass is 10.4. The Kier molecular flexibility index (Phi) is 3.28. The monoisotopic (exact) mass is 233 g/mol. The molecular weight excluding hydrogens is 214 g/mol. The van der Waals surface area contributed by atoms with E-state index in [1.54, 1.807) is 6.20 Å². The molecule has 0 fully saturated rings. The predicted molar refractivity (Wildman–Crippen MR) is 69.5 cm³/mol. The molecule has 0 spiro atoms. The third kappa shape index (κ3) is 2.55. The molecule has 0 N–H and O–H groups in total. The van der Waals surface area contributed by atoms with Crippen LogP contribution in [0.2, 0.25) is 0 Å². The zero-order valence-electron chi connectivity index (χ0n) is 10.9. The second kappa shape index (κ2) is 4.71. The maximum absolute atomic E-state index is 4.44. The van der Waals surface area contributed by atoms with Crippen LogP contribution >= 0.6 is 0 Å². The molecule has 2 aromatic rings. The molecule has 0 bridgehead atoms. The summed E-state index contributed by atoms with van der Waals surface area (Å²) in [6, 6.07) is 2.06. The Hall–Kier alpha value is -1.62. The van der Waals surface area contributed by atoms with E-state index < -0.39 is 0 Å². The maximum atomic E-state index is 4.44. The van der Waals surface area contributed by atoms with Crippen molar-refractivity contribution in [1.82, 2.24) is 19.5 Å². The summed E-state index contributed by atoms with van der Waals surface area (Å²) in [6.07, 6.45) is 3.67. The van der Waals surface area contributed by atoms with E-state index in [9.17, 15) is 0 Å². The average molecular weight is 233 g/mol. The van der Waals surface area contributed by atoms with Gasteiger partial charge in [0, 0.05) is 32.5 Å². The number of aromatic nitrogens is 3. The summed E-state index contributed by atoms with van der Waals surface area (Å²) in [5.74, 6) is 0.981. The second-order valence-electron chi connectivity index (χ2n) is 4.59. The van der Waals surface area contributed by atoms with Crippen LogP contribution in [0.25, 0.3) is 5.52 Å². The van der Waals surface area contributed by atoms with Crippen LogP contribution in [0, 0.1) is 6.92 Å². The predicted octanol–water partition coefficient (Wildman–Crippen LogP) is 1.04. The van der Waals surface area contributed by atoms with Crippen molar-refractivity contribution in [3.8, 4) is 0 Å². The molecule has 5 nitrogen and oxygen atoms in total. The normalized spacial score (nSPS) is 11.4. The molecule has 17 heavy (non-hydrogen) atoms. The number of hydrogen-bond acceptors (Lipinski definition) is 4. The number of aryl methyl sites for hydroxylation is 1. The first-order valence-corrected chi connectivity index (χ1v) is 5.75. The topological polar surface area (TPSA) is 36.7 Å². The van der Waals surface area contributed by atoms with E-state index in [1.165, 1.54) is 0 Å². The molecule has 2 rings (SSSR count). The molecular formula is C12H19N5. The highest BCUT2D eigenvalue weighted by atomic mass is 15.3. The average Bonchev–Trinajstić information content (AvgIpc) is 2.65. The molecule has 0 saturated heterocycles. The van der Waals surface area contributed by atoms with Gasteiger partial charge in [0.1, 0.15) is 5.52 Å². The third-order valence-electron chi connectivity index (χ3n) is 2.74. The van der Waals surface area contributed by atoms with Gasteiger partial charge in [-0.25, -0.2) is 9.50 Å². The van der Waals surface area contributed by atoms with E-state index in [-0.39, 0.29) is 0 Å². The first-order chi connectivity index (χ1) is 8.08. The van der Waals surface area contributed by atoms with Crippen molar-refractivity contribution in [3.63, 3.8) is 0 Å². The first kappa shape index (κ1) is 11.9. The van der Waals surface area contributed by atoms with Crippen molar-refractivity contribution in [3.05, 3.63) is 24.2 Å². The van der Waals surface area contributed by atoms with Gasteiger partial charge in [-0.05, 0) is 27.1 Å². The van der Waals surface area contributed by atoms with Crippen LogP contribution in [0.5, 0.6) is 0 Å². The summed E-state index contributed by atoms with van der Waals surface area (Å²) in [5, 5.41) is 4.39. The van der Waals surface area contributed by atoms with Gasteiger partial charge in [-0.15, -0.1) is 0 Å². The SMILES string of the molecule is Cc1cc2c(N(C)CCN(C)C)nccn2n1. The summed E-state index contributed by atoms with van der Waals surface area (Å²) in [4.78, 5) is 8.77. The second-order valence-corrected chi connectivity index (χ2v) is 4.59. The van der Waals surface area contributed by atoms with E-state index in [1.807, 2.05) is 17.6 Å². The lowest BCUT2D eigenvalue weighted by molar-refractivity contribution is 0.416. The van der Waals surface area contributed by atoms with Crippen LogP contribution < -0.4 is 4.90 Å². The van der Waals surface area contributed by atoms with Crippen molar-refractivity contribution in [2.45, 2.75) is 6.92 Å². The number of fused-ring (bicyclic) bond motifs is 1. The van der Waals surface area contributed by atoms with Crippen LogP contribution in [-0.4, -0.2) is 53.7 Å². The Labute approximate surface area is 102 Å². The quantitative estimate of drug-likeness (QED) is 0.790. The Morgan fingerprint density at radius 1 is 1.24 bits per heavy atom. The van der Waals surface area contributed by atoms with E-state index in [0.29, 0.717) is 0 Å². The zero-order valence-corrected chi connectivity index (χ0v) is 10.9. The minimum absolute atomic E-state index is 0.948. The fourth-order valence-corrected chi connectivity index (χ4v) is 1.78. The fraction of sp³-hybridized carbons (Fsp3) is 0.500. The van der Waals surface area contributed by atoms with Gasteiger partial charge in [-0.2, -0.15) is 5.10 Å². The van der Waals surface area contributed by atoms with Crippen LogP contribution in [0.3, 0.4) is 0 Å². The van der Waals surface area contributed by atoms with Gasteiger partial charge in [0.05, 0.1) is 5.69 Å². The molecule has 2 aromatic heterocycles. The van der Waals surface area contributed by atoms with Gasteiger partial charge in [0.25, 0.3) is 0 Å². The van der Waals surface area contributed by atoms with E-state index in [4.69, 9.17) is 0 Å². The molecule has 0 aliphatic rings. The Bertz CT molecular complexity index is 503. The Morgan fingerprint density at radius 3 is 2.71 bits per heavy atom. The number of likely N-dealkylation sites (N-methyl/N-ethyl adjacent to an activating group) is 2. The Balaban J connectivity index is 2.28. The van der Waals surface area contributed by atoms with Crippen molar-refractivity contribution >= 4 is 11.3 Å². The van der Waals surface area contributed by atoms with Crippen LogP contribution in [-0.2, 0) is 0 Å². The van der Waals surface area contributed by atoms with Gasteiger partial charge in [-0.3, -0.25) is 0 Å². The molecule has 5 heteroatoms. The molecule has 0 saturated carbocycles. The number of rotatable bonds is 4. The van der Waals surface area contributed by atoms with Crippen LogP contribution in [0.15, 0.2) is 18.5 Å². The largest absolute Gasteiger partial charge is 0.357 e.